The molecule has 0 aromatic carbocycles. The first-order chi connectivity index (χ1) is 8.13. The highest BCUT2D eigenvalue weighted by atomic mass is 35.5. The van der Waals surface area contributed by atoms with Crippen molar-refractivity contribution in [3.05, 3.63) is 20.3 Å². The standard InChI is InChI=1S/C12H15Cl2NOS/c1-2-15(8-5-3-4-6-8)12(16)9-7-10(13)17-11(9)14/h7-8H,2-6H2,1H3. The lowest BCUT2D eigenvalue weighted by Gasteiger charge is -2.27. The van der Waals surface area contributed by atoms with E-state index in [1.807, 2.05) is 11.8 Å². The summed E-state index contributed by atoms with van der Waals surface area (Å²) in [6, 6.07) is 2.05. The van der Waals surface area contributed by atoms with E-state index < -0.39 is 0 Å². The summed E-state index contributed by atoms with van der Waals surface area (Å²) in [7, 11) is 0. The van der Waals surface area contributed by atoms with E-state index in [9.17, 15) is 4.79 Å². The van der Waals surface area contributed by atoms with Gasteiger partial charge in [-0.05, 0) is 25.8 Å². The molecule has 1 fully saturated rings. The highest BCUT2D eigenvalue weighted by Crippen LogP contribution is 2.33. The molecule has 2 nitrogen and oxygen atoms in total. The molecule has 1 heterocycles. The van der Waals surface area contributed by atoms with Crippen LogP contribution >= 0.6 is 34.5 Å². The second-order valence-corrected chi connectivity index (χ2v) is 6.55. The molecule has 0 aliphatic heterocycles. The second kappa shape index (κ2) is 5.59. The topological polar surface area (TPSA) is 20.3 Å². The zero-order valence-electron chi connectivity index (χ0n) is 9.71. The fraction of sp³-hybridized carbons (Fsp3) is 0.583. The van der Waals surface area contributed by atoms with Gasteiger partial charge in [0.05, 0.1) is 9.90 Å². The molecule has 5 heteroatoms. The summed E-state index contributed by atoms with van der Waals surface area (Å²) in [4.78, 5) is 14.3. The molecule has 2 rings (SSSR count). The molecule has 0 N–H and O–H groups in total. The lowest BCUT2D eigenvalue weighted by Crippen LogP contribution is -2.38. The Labute approximate surface area is 116 Å². The van der Waals surface area contributed by atoms with E-state index in [2.05, 4.69) is 0 Å². The van der Waals surface area contributed by atoms with Crippen LogP contribution in [-0.4, -0.2) is 23.4 Å². The number of halogens is 2. The van der Waals surface area contributed by atoms with E-state index in [0.717, 1.165) is 19.4 Å². The smallest absolute Gasteiger partial charge is 0.256 e. The molecule has 1 saturated carbocycles. The van der Waals surface area contributed by atoms with Crippen LogP contribution in [0, 0.1) is 0 Å². The first kappa shape index (κ1) is 13.2. The molecule has 17 heavy (non-hydrogen) atoms. The van der Waals surface area contributed by atoms with E-state index in [4.69, 9.17) is 23.2 Å². The Kier molecular flexibility index (Phi) is 4.34. The molecule has 0 radical (unpaired) electrons. The van der Waals surface area contributed by atoms with E-state index in [1.165, 1.54) is 24.2 Å². The van der Waals surface area contributed by atoms with Crippen molar-refractivity contribution in [2.75, 3.05) is 6.54 Å². The van der Waals surface area contributed by atoms with E-state index in [0.29, 0.717) is 20.3 Å². The summed E-state index contributed by atoms with van der Waals surface area (Å²) in [6.45, 7) is 2.74. The van der Waals surface area contributed by atoms with Gasteiger partial charge >= 0.3 is 0 Å². The number of rotatable bonds is 3. The van der Waals surface area contributed by atoms with Crippen molar-refractivity contribution in [3.63, 3.8) is 0 Å². The highest BCUT2D eigenvalue weighted by Gasteiger charge is 2.28. The lowest BCUT2D eigenvalue weighted by atomic mass is 10.2. The summed E-state index contributed by atoms with van der Waals surface area (Å²) in [5.41, 5.74) is 0.551. The molecule has 1 amide bonds. The maximum absolute atomic E-state index is 12.4. The first-order valence-corrected chi connectivity index (χ1v) is 7.46. The number of hydrogen-bond donors (Lipinski definition) is 0. The third-order valence-electron chi connectivity index (χ3n) is 3.25. The maximum Gasteiger partial charge on any atom is 0.256 e. The number of nitrogens with zero attached hydrogens (tertiary/aromatic N) is 1. The normalized spacial score (nSPS) is 16.4. The number of carbonyl (C=O) groups excluding carboxylic acids is 1. The largest absolute Gasteiger partial charge is 0.336 e. The van der Waals surface area contributed by atoms with Crippen molar-refractivity contribution < 1.29 is 4.79 Å². The molecular weight excluding hydrogens is 277 g/mol. The van der Waals surface area contributed by atoms with Crippen LogP contribution in [0.15, 0.2) is 6.07 Å². The Morgan fingerprint density at radius 1 is 1.47 bits per heavy atom. The fourth-order valence-electron chi connectivity index (χ4n) is 2.42. The Bertz CT molecular complexity index is 413. The third-order valence-corrected chi connectivity index (χ3v) is 4.74. The van der Waals surface area contributed by atoms with Crippen molar-refractivity contribution in [2.45, 2.75) is 38.6 Å². The summed E-state index contributed by atoms with van der Waals surface area (Å²) >= 11 is 13.2. The summed E-state index contributed by atoms with van der Waals surface area (Å²) in [6.07, 6.45) is 4.64. The molecule has 1 aromatic rings. The minimum atomic E-state index is 0.0209. The molecule has 0 unspecified atom stereocenters. The van der Waals surface area contributed by atoms with Crippen molar-refractivity contribution in [1.29, 1.82) is 0 Å². The third kappa shape index (κ3) is 2.78. The van der Waals surface area contributed by atoms with Crippen molar-refractivity contribution in [3.8, 4) is 0 Å². The van der Waals surface area contributed by atoms with Gasteiger partial charge in [0.15, 0.2) is 0 Å². The first-order valence-electron chi connectivity index (χ1n) is 5.89. The molecular formula is C12H15Cl2NOS. The van der Waals surface area contributed by atoms with Crippen LogP contribution in [0.1, 0.15) is 43.0 Å². The van der Waals surface area contributed by atoms with Gasteiger partial charge in [0.1, 0.15) is 4.34 Å². The van der Waals surface area contributed by atoms with Gasteiger partial charge in [-0.15, -0.1) is 11.3 Å². The predicted molar refractivity (Wildman–Crippen MR) is 73.3 cm³/mol. The minimum Gasteiger partial charge on any atom is -0.336 e. The maximum atomic E-state index is 12.4. The van der Waals surface area contributed by atoms with Gasteiger partial charge in [0, 0.05) is 12.6 Å². The zero-order valence-corrected chi connectivity index (χ0v) is 12.0. The number of carbonyl (C=O) groups is 1. The van der Waals surface area contributed by atoms with Crippen LogP contribution < -0.4 is 0 Å². The average Bonchev–Trinajstić information content (AvgIpc) is 2.89. The minimum absolute atomic E-state index is 0.0209. The molecule has 1 aliphatic rings. The van der Waals surface area contributed by atoms with Crippen molar-refractivity contribution in [1.82, 2.24) is 4.90 Å². The van der Waals surface area contributed by atoms with Crippen LogP contribution in [0.4, 0.5) is 0 Å². The van der Waals surface area contributed by atoms with Gasteiger partial charge in [-0.25, -0.2) is 0 Å². The van der Waals surface area contributed by atoms with E-state index >= 15 is 0 Å². The Balaban J connectivity index is 2.19. The van der Waals surface area contributed by atoms with Crippen LogP contribution in [0.25, 0.3) is 0 Å². The van der Waals surface area contributed by atoms with Crippen LogP contribution in [0.3, 0.4) is 0 Å². The Hall–Kier alpha value is -0.250. The van der Waals surface area contributed by atoms with Crippen LogP contribution in [0.5, 0.6) is 0 Å². The number of thiophene rings is 1. The van der Waals surface area contributed by atoms with Gasteiger partial charge < -0.3 is 4.90 Å². The summed E-state index contributed by atoms with van der Waals surface area (Å²) < 4.78 is 1.07. The van der Waals surface area contributed by atoms with Gasteiger partial charge in [-0.3, -0.25) is 4.79 Å². The Morgan fingerprint density at radius 3 is 2.59 bits per heavy atom. The van der Waals surface area contributed by atoms with Crippen LogP contribution in [0.2, 0.25) is 8.67 Å². The molecule has 1 aliphatic carbocycles. The predicted octanol–water partition coefficient (Wildman–Crippen LogP) is 4.46. The average molecular weight is 292 g/mol. The fourth-order valence-corrected chi connectivity index (χ4v) is 3.87. The highest BCUT2D eigenvalue weighted by molar-refractivity contribution is 7.20. The molecule has 1 aromatic heterocycles. The van der Waals surface area contributed by atoms with Gasteiger partial charge in [0.2, 0.25) is 0 Å². The SMILES string of the molecule is CCN(C(=O)c1cc(Cl)sc1Cl)C1CCCC1. The van der Waals surface area contributed by atoms with E-state index in [1.54, 1.807) is 6.07 Å². The molecule has 0 bridgehead atoms. The monoisotopic (exact) mass is 291 g/mol. The lowest BCUT2D eigenvalue weighted by molar-refractivity contribution is 0.0694. The molecule has 94 valence electrons. The summed E-state index contributed by atoms with van der Waals surface area (Å²) in [5, 5.41) is 0. The van der Waals surface area contributed by atoms with Gasteiger partial charge in [-0.1, -0.05) is 36.0 Å². The van der Waals surface area contributed by atoms with Gasteiger partial charge in [-0.2, -0.15) is 0 Å². The number of hydrogen-bond acceptors (Lipinski definition) is 2. The van der Waals surface area contributed by atoms with Crippen LogP contribution in [-0.2, 0) is 0 Å². The zero-order chi connectivity index (χ0) is 12.4. The quantitative estimate of drug-likeness (QED) is 0.805. The molecule has 0 saturated heterocycles. The molecule has 0 atom stereocenters. The molecule has 0 spiro atoms. The summed E-state index contributed by atoms with van der Waals surface area (Å²) in [5.74, 6) is 0.0209. The van der Waals surface area contributed by atoms with Crippen molar-refractivity contribution >= 4 is 40.4 Å². The Morgan fingerprint density at radius 2 is 2.12 bits per heavy atom. The van der Waals surface area contributed by atoms with Crippen molar-refractivity contribution in [2.24, 2.45) is 0 Å². The second-order valence-electron chi connectivity index (χ2n) is 4.27. The van der Waals surface area contributed by atoms with Gasteiger partial charge in [0.25, 0.3) is 5.91 Å². The number of amides is 1. The van der Waals surface area contributed by atoms with E-state index in [-0.39, 0.29) is 5.91 Å².